The largest absolute Gasteiger partial charge is 0.313 e. The number of halogens is 1. The van der Waals surface area contributed by atoms with E-state index in [1.54, 1.807) is 11.0 Å². The van der Waals surface area contributed by atoms with Crippen molar-refractivity contribution in [1.82, 2.24) is 5.32 Å². The highest BCUT2D eigenvalue weighted by Crippen LogP contribution is 2.29. The second-order valence-electron chi connectivity index (χ2n) is 4.78. The van der Waals surface area contributed by atoms with Crippen LogP contribution >= 0.6 is 0 Å². The lowest BCUT2D eigenvalue weighted by Crippen LogP contribution is -2.38. The Kier molecular flexibility index (Phi) is 4.32. The van der Waals surface area contributed by atoms with Crippen LogP contribution in [0.5, 0.6) is 0 Å². The molecule has 0 aromatic heterocycles. The molecule has 2 rings (SSSR count). The predicted octanol–water partition coefficient (Wildman–Crippen LogP) is 2.27. The number of carbonyl (C=O) groups is 1. The molecule has 0 spiro atoms. The molecule has 0 unspecified atom stereocenters. The Bertz CT molecular complexity index is 499. The van der Waals surface area contributed by atoms with E-state index in [9.17, 15) is 9.18 Å². The molecule has 1 heterocycles. The third-order valence-corrected chi connectivity index (χ3v) is 3.25. The lowest BCUT2D eigenvalue weighted by Gasteiger charge is -2.30. The van der Waals surface area contributed by atoms with E-state index >= 15 is 0 Å². The summed E-state index contributed by atoms with van der Waals surface area (Å²) in [5, 5.41) is 3.18. The van der Waals surface area contributed by atoms with Crippen LogP contribution in [-0.4, -0.2) is 25.5 Å². The molecule has 0 fully saturated rings. The Hall–Kier alpha value is -1.68. The van der Waals surface area contributed by atoms with Crippen molar-refractivity contribution >= 4 is 11.6 Å². The average molecular weight is 262 g/mol. The van der Waals surface area contributed by atoms with Gasteiger partial charge in [-0.15, -0.1) is 0 Å². The van der Waals surface area contributed by atoms with Crippen molar-refractivity contribution < 1.29 is 9.18 Å². The fourth-order valence-electron chi connectivity index (χ4n) is 2.27. The molecule has 1 aromatic rings. The number of nitrogens with one attached hydrogen (secondary N) is 1. The number of amides is 1. The fourth-order valence-corrected chi connectivity index (χ4v) is 2.27. The summed E-state index contributed by atoms with van der Waals surface area (Å²) in [5.41, 5.74) is 2.64. The molecule has 1 amide bonds. The number of benzene rings is 1. The van der Waals surface area contributed by atoms with Gasteiger partial charge in [-0.25, -0.2) is 4.39 Å². The van der Waals surface area contributed by atoms with Crippen LogP contribution < -0.4 is 10.2 Å². The molecule has 3 nitrogen and oxygen atoms in total. The summed E-state index contributed by atoms with van der Waals surface area (Å²) >= 11 is 0. The normalized spacial score (nSPS) is 14.4. The molecule has 1 aromatic carbocycles. The van der Waals surface area contributed by atoms with Gasteiger partial charge in [0.1, 0.15) is 5.82 Å². The third-order valence-electron chi connectivity index (χ3n) is 3.25. The first kappa shape index (κ1) is 13.7. The van der Waals surface area contributed by atoms with E-state index in [0.29, 0.717) is 31.6 Å². The molecule has 0 aliphatic carbocycles. The Balaban J connectivity index is 2.18. The van der Waals surface area contributed by atoms with E-state index in [-0.39, 0.29) is 11.7 Å². The van der Waals surface area contributed by atoms with Crippen molar-refractivity contribution in [1.29, 1.82) is 0 Å². The molecule has 19 heavy (non-hydrogen) atoms. The van der Waals surface area contributed by atoms with Crippen LogP contribution in [0.1, 0.15) is 18.9 Å². The molecule has 102 valence electrons. The van der Waals surface area contributed by atoms with Gasteiger partial charge in [-0.1, -0.05) is 19.6 Å². The van der Waals surface area contributed by atoms with E-state index in [2.05, 4.69) is 11.9 Å². The van der Waals surface area contributed by atoms with Crippen LogP contribution in [0.25, 0.3) is 0 Å². The predicted molar refractivity (Wildman–Crippen MR) is 74.8 cm³/mol. The van der Waals surface area contributed by atoms with Gasteiger partial charge in [-0.05, 0) is 36.2 Å². The molecule has 0 saturated heterocycles. The van der Waals surface area contributed by atoms with Gasteiger partial charge in [0.05, 0.1) is 5.69 Å². The Morgan fingerprint density at radius 1 is 1.47 bits per heavy atom. The van der Waals surface area contributed by atoms with Crippen molar-refractivity contribution in [3.05, 3.63) is 41.7 Å². The zero-order valence-corrected chi connectivity index (χ0v) is 11.2. The van der Waals surface area contributed by atoms with Crippen LogP contribution in [0.15, 0.2) is 30.4 Å². The maximum absolute atomic E-state index is 13.4. The summed E-state index contributed by atoms with van der Waals surface area (Å²) in [7, 11) is 0. The summed E-state index contributed by atoms with van der Waals surface area (Å²) in [5.74, 6) is -0.272. The fraction of sp³-hybridized carbons (Fsp3) is 0.400. The van der Waals surface area contributed by atoms with Gasteiger partial charge < -0.3 is 10.2 Å². The molecular weight excluding hydrogens is 243 g/mol. The molecule has 1 aliphatic rings. The Morgan fingerprint density at radius 2 is 2.26 bits per heavy atom. The second kappa shape index (κ2) is 5.97. The van der Waals surface area contributed by atoms with Crippen molar-refractivity contribution in [2.24, 2.45) is 0 Å². The SMILES string of the molecule is C=C(CNCC)CN1C(=O)CCc2ccc(F)cc21. The van der Waals surface area contributed by atoms with Gasteiger partial charge in [0.2, 0.25) is 5.91 Å². The van der Waals surface area contributed by atoms with E-state index < -0.39 is 0 Å². The van der Waals surface area contributed by atoms with Crippen LogP contribution in [0.2, 0.25) is 0 Å². The molecule has 1 aliphatic heterocycles. The third kappa shape index (κ3) is 3.20. The van der Waals surface area contributed by atoms with Crippen molar-refractivity contribution in [2.45, 2.75) is 19.8 Å². The number of likely N-dealkylation sites (N-methyl/N-ethyl adjacent to an activating group) is 1. The maximum Gasteiger partial charge on any atom is 0.227 e. The highest BCUT2D eigenvalue weighted by atomic mass is 19.1. The van der Waals surface area contributed by atoms with E-state index in [0.717, 1.165) is 17.7 Å². The lowest BCUT2D eigenvalue weighted by molar-refractivity contribution is -0.118. The van der Waals surface area contributed by atoms with Crippen LogP contribution in [0, 0.1) is 5.82 Å². The van der Waals surface area contributed by atoms with Gasteiger partial charge >= 0.3 is 0 Å². The number of fused-ring (bicyclic) bond motifs is 1. The van der Waals surface area contributed by atoms with Crippen LogP contribution in [0.3, 0.4) is 0 Å². The molecule has 0 atom stereocenters. The minimum Gasteiger partial charge on any atom is -0.313 e. The molecule has 0 saturated carbocycles. The van der Waals surface area contributed by atoms with Gasteiger partial charge in [0.25, 0.3) is 0 Å². The maximum atomic E-state index is 13.4. The van der Waals surface area contributed by atoms with Crippen molar-refractivity contribution in [2.75, 3.05) is 24.5 Å². The van der Waals surface area contributed by atoms with Crippen molar-refractivity contribution in [3.8, 4) is 0 Å². The minimum absolute atomic E-state index is 0.0377. The first-order valence-electron chi connectivity index (χ1n) is 6.58. The first-order chi connectivity index (χ1) is 9.11. The van der Waals surface area contributed by atoms with Gasteiger partial charge in [0.15, 0.2) is 0 Å². The monoisotopic (exact) mass is 262 g/mol. The molecule has 1 N–H and O–H groups in total. The molecule has 4 heteroatoms. The number of hydrogen-bond donors (Lipinski definition) is 1. The highest BCUT2D eigenvalue weighted by Gasteiger charge is 2.24. The second-order valence-corrected chi connectivity index (χ2v) is 4.78. The van der Waals surface area contributed by atoms with Crippen LogP contribution in [0.4, 0.5) is 10.1 Å². The number of nitrogens with zero attached hydrogens (tertiary/aromatic N) is 1. The quantitative estimate of drug-likeness (QED) is 0.826. The standard InChI is InChI=1S/C15H19FN2O/c1-3-17-9-11(2)10-18-14-8-13(16)6-4-12(14)5-7-15(18)19/h4,6,8,17H,2-3,5,7,9-10H2,1H3. The summed E-state index contributed by atoms with van der Waals surface area (Å²) in [6.45, 7) is 7.96. The molecule has 0 radical (unpaired) electrons. The van der Waals surface area contributed by atoms with E-state index in [1.165, 1.54) is 12.1 Å². The zero-order valence-electron chi connectivity index (χ0n) is 11.2. The average Bonchev–Trinajstić information content (AvgIpc) is 2.40. The Morgan fingerprint density at radius 3 is 3.00 bits per heavy atom. The lowest BCUT2D eigenvalue weighted by atomic mass is 10.0. The number of anilines is 1. The number of hydrogen-bond acceptors (Lipinski definition) is 2. The van der Waals surface area contributed by atoms with Gasteiger partial charge in [-0.2, -0.15) is 0 Å². The van der Waals surface area contributed by atoms with E-state index in [1.807, 2.05) is 6.92 Å². The van der Waals surface area contributed by atoms with E-state index in [4.69, 9.17) is 0 Å². The molecule has 0 bridgehead atoms. The number of carbonyl (C=O) groups excluding carboxylic acids is 1. The highest BCUT2D eigenvalue weighted by molar-refractivity contribution is 5.96. The summed E-state index contributed by atoms with van der Waals surface area (Å²) < 4.78 is 13.4. The summed E-state index contributed by atoms with van der Waals surface area (Å²) in [6, 6.07) is 4.64. The minimum atomic E-state index is -0.309. The number of rotatable bonds is 5. The molecular formula is C15H19FN2O. The topological polar surface area (TPSA) is 32.3 Å². The first-order valence-corrected chi connectivity index (χ1v) is 6.58. The Labute approximate surface area is 113 Å². The smallest absolute Gasteiger partial charge is 0.227 e. The van der Waals surface area contributed by atoms with Crippen LogP contribution in [-0.2, 0) is 11.2 Å². The van der Waals surface area contributed by atoms with Crippen molar-refractivity contribution in [3.63, 3.8) is 0 Å². The zero-order chi connectivity index (χ0) is 13.8. The summed E-state index contributed by atoms with van der Waals surface area (Å²) in [4.78, 5) is 13.7. The summed E-state index contributed by atoms with van der Waals surface area (Å²) in [6.07, 6.45) is 1.16. The van der Waals surface area contributed by atoms with Gasteiger partial charge in [-0.3, -0.25) is 4.79 Å². The number of aryl methyl sites for hydroxylation is 1. The van der Waals surface area contributed by atoms with Gasteiger partial charge in [0, 0.05) is 19.5 Å².